The van der Waals surface area contributed by atoms with Crippen LogP contribution in [0.15, 0.2) is 72.8 Å². The van der Waals surface area contributed by atoms with Crippen molar-refractivity contribution in [1.82, 2.24) is 0 Å². The minimum absolute atomic E-state index is 0.0860. The number of benzene rings is 3. The Labute approximate surface area is 175 Å². The third kappa shape index (κ3) is 4.80. The predicted octanol–water partition coefficient (Wildman–Crippen LogP) is 5.68. The zero-order valence-electron chi connectivity index (χ0n) is 14.7. The maximum absolute atomic E-state index is 13.0. The van der Waals surface area contributed by atoms with Gasteiger partial charge >= 0.3 is 5.97 Å². The average molecular weight is 430 g/mol. The normalized spacial score (nSPS) is 11.5. The first-order valence-corrected chi connectivity index (χ1v) is 9.12. The highest BCUT2D eigenvalue weighted by Crippen LogP contribution is 2.28. The van der Waals surface area contributed by atoms with Gasteiger partial charge in [-0.05, 0) is 18.2 Å². The van der Waals surface area contributed by atoms with Crippen LogP contribution in [0, 0.1) is 10.1 Å². The number of non-ortho nitro benzene ring substituents is 1. The fourth-order valence-electron chi connectivity index (χ4n) is 2.62. The molecule has 0 saturated carbocycles. The monoisotopic (exact) mass is 429 g/mol. The van der Waals surface area contributed by atoms with Crippen LogP contribution in [0.1, 0.15) is 32.4 Å². The Balaban J connectivity index is 1.94. The van der Waals surface area contributed by atoms with Gasteiger partial charge < -0.3 is 4.74 Å². The molecule has 0 heterocycles. The van der Waals surface area contributed by atoms with Crippen molar-refractivity contribution in [2.24, 2.45) is 0 Å². The highest BCUT2D eigenvalue weighted by molar-refractivity contribution is 6.33. The van der Waals surface area contributed by atoms with Crippen LogP contribution >= 0.6 is 23.2 Å². The van der Waals surface area contributed by atoms with Crippen molar-refractivity contribution >= 4 is 40.6 Å². The number of nitrogens with zero attached hydrogens (tertiary/aromatic N) is 1. The van der Waals surface area contributed by atoms with Gasteiger partial charge in [0.25, 0.3) is 5.69 Å². The van der Waals surface area contributed by atoms with E-state index in [9.17, 15) is 19.7 Å². The smallest absolute Gasteiger partial charge is 0.340 e. The molecule has 0 aliphatic heterocycles. The molecule has 0 spiro atoms. The molecule has 0 unspecified atom stereocenters. The second-order valence-electron chi connectivity index (χ2n) is 5.99. The quantitative estimate of drug-likeness (QED) is 0.217. The fraction of sp³-hybridized carbons (Fsp3) is 0.0476. The molecule has 0 radical (unpaired) electrons. The minimum Gasteiger partial charge on any atom is -0.445 e. The molecule has 0 saturated heterocycles. The van der Waals surface area contributed by atoms with Crippen molar-refractivity contribution in [2.75, 3.05) is 0 Å². The molecular formula is C21H13Cl2NO5. The zero-order chi connectivity index (χ0) is 21.0. The Morgan fingerprint density at radius 3 is 2.17 bits per heavy atom. The molecule has 0 amide bonds. The Hall–Kier alpha value is -3.22. The minimum atomic E-state index is -1.24. The summed E-state index contributed by atoms with van der Waals surface area (Å²) in [6.07, 6.45) is -1.24. The maximum Gasteiger partial charge on any atom is 0.340 e. The van der Waals surface area contributed by atoms with Crippen LogP contribution in [0.25, 0.3) is 0 Å². The number of hydrogen-bond donors (Lipinski definition) is 0. The standard InChI is InChI=1S/C21H13Cl2NO5/c22-15-8-6-14(7-9-15)20(19(25)13-4-2-1-3-5-13)29-21(26)17-11-10-16(24(27)28)12-18(17)23/h1-12,20H/t20-/m1/s1. The van der Waals surface area contributed by atoms with E-state index in [1.165, 1.54) is 6.07 Å². The van der Waals surface area contributed by atoms with Crippen molar-refractivity contribution in [3.63, 3.8) is 0 Å². The SMILES string of the molecule is O=C(O[C@@H](C(=O)c1ccccc1)c1ccc(Cl)cc1)c1ccc([N+](=O)[O-])cc1Cl. The molecule has 3 rings (SSSR count). The van der Waals surface area contributed by atoms with E-state index in [0.717, 1.165) is 12.1 Å². The van der Waals surface area contributed by atoms with Gasteiger partial charge in [0.05, 0.1) is 15.5 Å². The lowest BCUT2D eigenvalue weighted by molar-refractivity contribution is -0.384. The Kier molecular flexibility index (Phi) is 6.26. The van der Waals surface area contributed by atoms with Gasteiger partial charge in [0.15, 0.2) is 6.10 Å². The molecule has 1 atom stereocenters. The average Bonchev–Trinajstić information content (AvgIpc) is 2.72. The lowest BCUT2D eigenvalue weighted by atomic mass is 9.99. The number of nitro groups is 1. The number of rotatable bonds is 6. The highest BCUT2D eigenvalue weighted by atomic mass is 35.5. The number of hydrogen-bond acceptors (Lipinski definition) is 5. The summed E-state index contributed by atoms with van der Waals surface area (Å²) in [5, 5.41) is 11.2. The lowest BCUT2D eigenvalue weighted by Crippen LogP contribution is -2.20. The number of ether oxygens (including phenoxy) is 1. The van der Waals surface area contributed by atoms with E-state index in [-0.39, 0.29) is 16.3 Å². The number of esters is 1. The van der Waals surface area contributed by atoms with Gasteiger partial charge in [0, 0.05) is 28.3 Å². The van der Waals surface area contributed by atoms with E-state index in [4.69, 9.17) is 27.9 Å². The Morgan fingerprint density at radius 2 is 1.59 bits per heavy atom. The second kappa shape index (κ2) is 8.86. The molecule has 29 heavy (non-hydrogen) atoms. The van der Waals surface area contributed by atoms with E-state index in [1.54, 1.807) is 54.6 Å². The molecule has 0 fully saturated rings. The zero-order valence-corrected chi connectivity index (χ0v) is 16.3. The summed E-state index contributed by atoms with van der Waals surface area (Å²) < 4.78 is 5.47. The molecule has 0 bridgehead atoms. The molecule has 0 aromatic heterocycles. The number of Topliss-reactive ketones (excluding diaryl/α,β-unsaturated/α-hetero) is 1. The third-order valence-corrected chi connectivity index (χ3v) is 4.64. The lowest BCUT2D eigenvalue weighted by Gasteiger charge is -2.18. The van der Waals surface area contributed by atoms with Crippen molar-refractivity contribution in [1.29, 1.82) is 0 Å². The molecule has 6 nitrogen and oxygen atoms in total. The summed E-state index contributed by atoms with van der Waals surface area (Å²) in [4.78, 5) is 35.9. The fourth-order valence-corrected chi connectivity index (χ4v) is 3.00. The molecule has 0 aliphatic carbocycles. The summed E-state index contributed by atoms with van der Waals surface area (Å²) in [6, 6.07) is 18.1. The van der Waals surface area contributed by atoms with E-state index in [1.807, 2.05) is 0 Å². The van der Waals surface area contributed by atoms with Crippen LogP contribution in [-0.2, 0) is 4.74 Å². The molecule has 0 aliphatic rings. The van der Waals surface area contributed by atoms with Crippen LogP contribution < -0.4 is 0 Å². The van der Waals surface area contributed by atoms with Crippen molar-refractivity contribution in [3.05, 3.63) is 110 Å². The van der Waals surface area contributed by atoms with Gasteiger partial charge in [0.2, 0.25) is 5.78 Å². The topological polar surface area (TPSA) is 86.5 Å². The first-order valence-electron chi connectivity index (χ1n) is 8.36. The summed E-state index contributed by atoms with van der Waals surface area (Å²) in [5.41, 5.74) is 0.433. The van der Waals surface area contributed by atoms with Crippen LogP contribution in [0.3, 0.4) is 0 Å². The summed E-state index contributed by atoms with van der Waals surface area (Å²) in [7, 11) is 0. The molecule has 8 heteroatoms. The van der Waals surface area contributed by atoms with Crippen LogP contribution in [0.4, 0.5) is 5.69 Å². The molecule has 3 aromatic carbocycles. The maximum atomic E-state index is 13.0. The van der Waals surface area contributed by atoms with Gasteiger partial charge in [-0.3, -0.25) is 14.9 Å². The van der Waals surface area contributed by atoms with Crippen molar-refractivity contribution in [3.8, 4) is 0 Å². The Bertz CT molecular complexity index is 1070. The summed E-state index contributed by atoms with van der Waals surface area (Å²) >= 11 is 11.9. The molecular weight excluding hydrogens is 417 g/mol. The first kappa shape index (κ1) is 20.5. The van der Waals surface area contributed by atoms with E-state index in [0.29, 0.717) is 16.1 Å². The van der Waals surface area contributed by atoms with Crippen LogP contribution in [0.2, 0.25) is 10.0 Å². The van der Waals surface area contributed by atoms with Gasteiger partial charge in [-0.2, -0.15) is 0 Å². The first-order chi connectivity index (χ1) is 13.9. The van der Waals surface area contributed by atoms with Gasteiger partial charge in [-0.1, -0.05) is 65.7 Å². The molecule has 0 N–H and O–H groups in total. The van der Waals surface area contributed by atoms with Crippen LogP contribution in [0.5, 0.6) is 0 Å². The summed E-state index contributed by atoms with van der Waals surface area (Å²) in [6.45, 7) is 0. The Morgan fingerprint density at radius 1 is 0.931 bits per heavy atom. The van der Waals surface area contributed by atoms with Crippen molar-refractivity contribution < 1.29 is 19.2 Å². The van der Waals surface area contributed by atoms with Gasteiger partial charge in [0.1, 0.15) is 0 Å². The number of carbonyl (C=O) groups excluding carboxylic acids is 2. The summed E-state index contributed by atoms with van der Waals surface area (Å²) in [5.74, 6) is -1.31. The van der Waals surface area contributed by atoms with Gasteiger partial charge in [-0.25, -0.2) is 4.79 Å². The van der Waals surface area contributed by atoms with Gasteiger partial charge in [-0.15, -0.1) is 0 Å². The number of ketones is 1. The third-order valence-electron chi connectivity index (χ3n) is 4.08. The second-order valence-corrected chi connectivity index (χ2v) is 6.83. The van der Waals surface area contributed by atoms with E-state index < -0.39 is 22.8 Å². The number of nitro benzene ring substituents is 1. The largest absolute Gasteiger partial charge is 0.445 e. The van der Waals surface area contributed by atoms with Crippen molar-refractivity contribution in [2.45, 2.75) is 6.10 Å². The number of carbonyl (C=O) groups is 2. The number of halogens is 2. The molecule has 146 valence electrons. The van der Waals surface area contributed by atoms with E-state index >= 15 is 0 Å². The predicted molar refractivity (Wildman–Crippen MR) is 108 cm³/mol. The highest BCUT2D eigenvalue weighted by Gasteiger charge is 2.28. The molecule has 3 aromatic rings. The van der Waals surface area contributed by atoms with E-state index in [2.05, 4.69) is 0 Å². The van der Waals surface area contributed by atoms with Crippen LogP contribution in [-0.4, -0.2) is 16.7 Å².